The van der Waals surface area contributed by atoms with Crippen LogP contribution in [0.2, 0.25) is 0 Å². The van der Waals surface area contributed by atoms with Gasteiger partial charge in [-0.3, -0.25) is 0 Å². The van der Waals surface area contributed by atoms with Gasteiger partial charge in [0.15, 0.2) is 0 Å². The summed E-state index contributed by atoms with van der Waals surface area (Å²) in [6.07, 6.45) is -9.03. The van der Waals surface area contributed by atoms with Crippen molar-refractivity contribution in [3.63, 3.8) is 0 Å². The van der Waals surface area contributed by atoms with E-state index in [1.165, 1.54) is 24.6 Å². The minimum atomic E-state index is -6.25. The first-order chi connectivity index (χ1) is 12.8. The van der Waals surface area contributed by atoms with Gasteiger partial charge in [-0.15, -0.1) is 0 Å². The van der Waals surface area contributed by atoms with Crippen molar-refractivity contribution in [2.24, 2.45) is 0 Å². The first kappa shape index (κ1) is 22.9. The van der Waals surface area contributed by atoms with E-state index in [1.807, 2.05) is 0 Å². The maximum Gasteiger partial charge on any atom is 0.435 e. The minimum absolute atomic E-state index is 0.0509. The first-order valence-electron chi connectivity index (χ1n) is 8.32. The standard InChI is InChI=1S/C19H16BrF8/c1-2-3-6-12-9-13(17(22,18(23,24)25)19(26,27)28)11-16(20,10-12)14-7-4-5-8-15(14)21/h4-5,7-11H,2-3,6H2,1H3. The molecular weight excluding hydrogens is 460 g/mol. The third-order valence-corrected chi connectivity index (χ3v) is 5.27. The molecule has 1 radical (unpaired) electrons. The van der Waals surface area contributed by atoms with Crippen LogP contribution in [0.1, 0.15) is 31.7 Å². The number of unbranched alkanes of at least 4 members (excludes halogenated alkanes) is 1. The second-order valence-corrected chi connectivity index (χ2v) is 7.78. The van der Waals surface area contributed by atoms with Crippen molar-refractivity contribution in [3.8, 4) is 0 Å². The molecule has 0 fully saturated rings. The van der Waals surface area contributed by atoms with Gasteiger partial charge in [-0.05, 0) is 18.9 Å². The fraction of sp³-hybridized carbons (Fsp3) is 0.421. The van der Waals surface area contributed by atoms with Crippen molar-refractivity contribution in [1.29, 1.82) is 0 Å². The van der Waals surface area contributed by atoms with Gasteiger partial charge in [0.25, 0.3) is 0 Å². The molecule has 1 aromatic carbocycles. The molecule has 0 heterocycles. The Morgan fingerprint density at radius 1 is 0.964 bits per heavy atom. The highest BCUT2D eigenvalue weighted by atomic mass is 79.9. The van der Waals surface area contributed by atoms with Crippen LogP contribution in [-0.4, -0.2) is 18.0 Å². The Labute approximate surface area is 165 Å². The van der Waals surface area contributed by atoms with Crippen molar-refractivity contribution in [3.05, 3.63) is 65.4 Å². The highest BCUT2D eigenvalue weighted by molar-refractivity contribution is 9.09. The molecule has 0 aliphatic heterocycles. The third kappa shape index (κ3) is 4.14. The summed E-state index contributed by atoms with van der Waals surface area (Å²) in [5, 5.41) is 0. The van der Waals surface area contributed by atoms with E-state index < -0.39 is 33.7 Å². The second kappa shape index (κ2) is 7.80. The monoisotopic (exact) mass is 475 g/mol. The molecule has 28 heavy (non-hydrogen) atoms. The van der Waals surface area contributed by atoms with Crippen LogP contribution in [0.5, 0.6) is 0 Å². The van der Waals surface area contributed by atoms with E-state index in [2.05, 4.69) is 15.9 Å². The van der Waals surface area contributed by atoms with E-state index >= 15 is 0 Å². The van der Waals surface area contributed by atoms with Gasteiger partial charge in [0.2, 0.25) is 0 Å². The smallest absolute Gasteiger partial charge is 0.218 e. The molecule has 9 heteroatoms. The fourth-order valence-corrected chi connectivity index (χ4v) is 3.82. The fourth-order valence-electron chi connectivity index (χ4n) is 2.96. The Morgan fingerprint density at radius 2 is 1.54 bits per heavy atom. The number of hydrogen-bond donors (Lipinski definition) is 0. The molecule has 0 saturated heterocycles. The molecule has 0 aromatic heterocycles. The van der Waals surface area contributed by atoms with Crippen LogP contribution in [0.4, 0.5) is 35.1 Å². The summed E-state index contributed by atoms with van der Waals surface area (Å²) in [6, 6.07) is 4.92. The molecule has 0 saturated carbocycles. The molecule has 1 aliphatic carbocycles. The highest BCUT2D eigenvalue weighted by Crippen LogP contribution is 2.55. The van der Waals surface area contributed by atoms with Gasteiger partial charge in [-0.1, -0.05) is 65.2 Å². The molecule has 1 aromatic rings. The zero-order valence-electron chi connectivity index (χ0n) is 14.6. The van der Waals surface area contributed by atoms with E-state index in [-0.39, 0.29) is 17.6 Å². The average molecular weight is 476 g/mol. The van der Waals surface area contributed by atoms with Crippen molar-refractivity contribution in [2.45, 2.75) is 48.5 Å². The Kier molecular flexibility index (Phi) is 6.38. The number of allylic oxidation sites excluding steroid dienone is 4. The van der Waals surface area contributed by atoms with E-state index in [0.717, 1.165) is 6.07 Å². The third-order valence-electron chi connectivity index (χ3n) is 4.39. The molecule has 0 amide bonds. The van der Waals surface area contributed by atoms with E-state index in [1.54, 1.807) is 6.92 Å². The molecular formula is C19H16BrF8. The molecule has 1 atom stereocenters. The van der Waals surface area contributed by atoms with Gasteiger partial charge in [0.05, 0.1) is 4.32 Å². The Morgan fingerprint density at radius 3 is 2.04 bits per heavy atom. The predicted octanol–water partition coefficient (Wildman–Crippen LogP) is 7.51. The van der Waals surface area contributed by atoms with Crippen molar-refractivity contribution < 1.29 is 35.1 Å². The van der Waals surface area contributed by atoms with Crippen LogP contribution in [0.25, 0.3) is 0 Å². The van der Waals surface area contributed by atoms with E-state index in [4.69, 9.17) is 0 Å². The zero-order valence-corrected chi connectivity index (χ0v) is 16.2. The topological polar surface area (TPSA) is 0 Å². The van der Waals surface area contributed by atoms with Gasteiger partial charge >= 0.3 is 18.0 Å². The zero-order chi connectivity index (χ0) is 21.4. The molecule has 0 N–H and O–H groups in total. The van der Waals surface area contributed by atoms with Crippen LogP contribution in [0, 0.1) is 12.2 Å². The maximum atomic E-state index is 14.7. The van der Waals surface area contributed by atoms with Crippen molar-refractivity contribution in [2.75, 3.05) is 0 Å². The second-order valence-electron chi connectivity index (χ2n) is 6.47. The number of alkyl halides is 8. The van der Waals surface area contributed by atoms with Gasteiger partial charge in [-0.2, -0.15) is 26.3 Å². The largest absolute Gasteiger partial charge is 0.435 e. The van der Waals surface area contributed by atoms with Gasteiger partial charge in [0, 0.05) is 17.6 Å². The van der Waals surface area contributed by atoms with Gasteiger partial charge in [-0.25, -0.2) is 8.78 Å². The van der Waals surface area contributed by atoms with Crippen molar-refractivity contribution >= 4 is 15.9 Å². The summed E-state index contributed by atoms with van der Waals surface area (Å²) in [5.74, 6) is -0.855. The summed E-state index contributed by atoms with van der Waals surface area (Å²) in [5.41, 5.74) is -7.38. The summed E-state index contributed by atoms with van der Waals surface area (Å²) in [6.45, 7) is 1.78. The lowest BCUT2D eigenvalue weighted by Gasteiger charge is -2.37. The summed E-state index contributed by atoms with van der Waals surface area (Å²) in [4.78, 5) is 0. The predicted molar refractivity (Wildman–Crippen MR) is 92.9 cm³/mol. The number of benzene rings is 1. The Hall–Kier alpha value is -1.38. The summed E-state index contributed by atoms with van der Waals surface area (Å²) >= 11 is 3.04. The number of halogens is 9. The first-order valence-corrected chi connectivity index (χ1v) is 9.11. The van der Waals surface area contributed by atoms with Crippen LogP contribution >= 0.6 is 15.9 Å². The van der Waals surface area contributed by atoms with E-state index in [9.17, 15) is 35.1 Å². The number of rotatable bonds is 5. The molecule has 2 rings (SSSR count). The lowest BCUT2D eigenvalue weighted by atomic mass is 9.78. The Bertz CT molecular complexity index is 761. The van der Waals surface area contributed by atoms with Crippen LogP contribution in [-0.2, 0) is 4.32 Å². The quantitative estimate of drug-likeness (QED) is 0.305. The molecule has 1 unspecified atom stereocenters. The lowest BCUT2D eigenvalue weighted by Crippen LogP contribution is -2.55. The minimum Gasteiger partial charge on any atom is -0.218 e. The average Bonchev–Trinajstić information content (AvgIpc) is 2.57. The highest BCUT2D eigenvalue weighted by Gasteiger charge is 2.74. The molecule has 0 nitrogen and oxygen atoms in total. The van der Waals surface area contributed by atoms with Crippen molar-refractivity contribution in [1.82, 2.24) is 0 Å². The molecule has 0 bridgehead atoms. The van der Waals surface area contributed by atoms with Crippen LogP contribution in [0.3, 0.4) is 0 Å². The van der Waals surface area contributed by atoms with Gasteiger partial charge in [0.1, 0.15) is 5.82 Å². The van der Waals surface area contributed by atoms with Crippen LogP contribution in [0.15, 0.2) is 47.6 Å². The Balaban J connectivity index is 2.72. The summed E-state index contributed by atoms with van der Waals surface area (Å²) in [7, 11) is 0. The van der Waals surface area contributed by atoms with Gasteiger partial charge < -0.3 is 0 Å². The lowest BCUT2D eigenvalue weighted by molar-refractivity contribution is -0.325. The molecule has 155 valence electrons. The maximum absolute atomic E-state index is 14.7. The van der Waals surface area contributed by atoms with E-state index in [0.29, 0.717) is 25.0 Å². The SMILES string of the molecule is CCCCC1=CC(C(F)(C(F)(F)F)C(F)(F)F)=CC(Br)(c2ccccc2F)[CH]1. The number of hydrogen-bond acceptors (Lipinski definition) is 0. The molecule has 0 spiro atoms. The normalized spacial score (nSPS) is 21.4. The summed E-state index contributed by atoms with van der Waals surface area (Å²) < 4.78 is 106. The molecule has 1 aliphatic rings. The van der Waals surface area contributed by atoms with Crippen LogP contribution < -0.4 is 0 Å².